The molecule has 0 saturated carbocycles. The number of pyridine rings is 1. The Labute approximate surface area is 106 Å². The third-order valence-corrected chi connectivity index (χ3v) is 3.10. The molecule has 0 bridgehead atoms. The quantitative estimate of drug-likeness (QED) is 0.886. The van der Waals surface area contributed by atoms with Gasteiger partial charge in [-0.2, -0.15) is 0 Å². The predicted molar refractivity (Wildman–Crippen MR) is 67.9 cm³/mol. The first-order valence-corrected chi connectivity index (χ1v) is 6.24. The van der Waals surface area contributed by atoms with Gasteiger partial charge in [-0.3, -0.25) is 0 Å². The van der Waals surface area contributed by atoms with E-state index in [4.69, 9.17) is 4.74 Å². The van der Waals surface area contributed by atoms with E-state index >= 15 is 0 Å². The van der Waals surface area contributed by atoms with Crippen LogP contribution in [0.1, 0.15) is 12.8 Å². The zero-order valence-corrected chi connectivity index (χ0v) is 10.1. The van der Waals surface area contributed by atoms with E-state index in [1.807, 2.05) is 22.9 Å². The molecule has 1 aliphatic heterocycles. The number of hydrogen-bond donors (Lipinski definition) is 1. The Morgan fingerprint density at radius 3 is 2.94 bits per heavy atom. The number of hydrogen-bond acceptors (Lipinski definition) is 4. The molecule has 0 amide bonds. The second-order valence-corrected chi connectivity index (χ2v) is 4.36. The van der Waals surface area contributed by atoms with E-state index in [-0.39, 0.29) is 6.10 Å². The largest absolute Gasteiger partial charge is 0.473 e. The Morgan fingerprint density at radius 1 is 1.28 bits per heavy atom. The van der Waals surface area contributed by atoms with Gasteiger partial charge in [0.1, 0.15) is 11.8 Å². The van der Waals surface area contributed by atoms with Crippen molar-refractivity contribution in [3.8, 4) is 11.6 Å². The minimum absolute atomic E-state index is 0.253. The van der Waals surface area contributed by atoms with Crippen molar-refractivity contribution in [2.45, 2.75) is 18.9 Å². The normalized spacial score (nSPS) is 16.7. The van der Waals surface area contributed by atoms with Crippen molar-refractivity contribution >= 4 is 0 Å². The Kier molecular flexibility index (Phi) is 3.23. The van der Waals surface area contributed by atoms with Crippen molar-refractivity contribution in [1.29, 1.82) is 0 Å². The third kappa shape index (κ3) is 2.36. The lowest BCUT2D eigenvalue weighted by molar-refractivity contribution is 0.155. The zero-order valence-electron chi connectivity index (χ0n) is 10.1. The van der Waals surface area contributed by atoms with Gasteiger partial charge in [0.2, 0.25) is 5.88 Å². The number of ether oxygens (including phenoxy) is 1. The van der Waals surface area contributed by atoms with E-state index in [0.29, 0.717) is 5.88 Å². The maximum atomic E-state index is 6.01. The van der Waals surface area contributed by atoms with Crippen LogP contribution in [0.3, 0.4) is 0 Å². The fraction of sp³-hybridized carbons (Fsp3) is 0.385. The maximum Gasteiger partial charge on any atom is 0.238 e. The molecule has 3 rings (SSSR count). The van der Waals surface area contributed by atoms with Gasteiger partial charge in [-0.25, -0.2) is 9.97 Å². The molecule has 0 unspecified atom stereocenters. The molecule has 0 spiro atoms. The van der Waals surface area contributed by atoms with Crippen molar-refractivity contribution in [2.75, 3.05) is 13.1 Å². The van der Waals surface area contributed by atoms with Crippen molar-refractivity contribution < 1.29 is 4.74 Å². The van der Waals surface area contributed by atoms with E-state index in [9.17, 15) is 0 Å². The van der Waals surface area contributed by atoms with Gasteiger partial charge in [0.25, 0.3) is 0 Å². The molecule has 1 saturated heterocycles. The average molecular weight is 244 g/mol. The molecule has 2 aromatic rings. The highest BCUT2D eigenvalue weighted by atomic mass is 16.5. The van der Waals surface area contributed by atoms with E-state index in [1.54, 1.807) is 18.7 Å². The average Bonchev–Trinajstić information content (AvgIpc) is 2.94. The molecule has 3 heterocycles. The number of imidazole rings is 1. The molecule has 94 valence electrons. The highest BCUT2D eigenvalue weighted by Gasteiger charge is 2.17. The molecular weight excluding hydrogens is 228 g/mol. The minimum atomic E-state index is 0.253. The van der Waals surface area contributed by atoms with Crippen LogP contribution in [0.5, 0.6) is 5.88 Å². The van der Waals surface area contributed by atoms with Crippen LogP contribution in [-0.4, -0.2) is 33.7 Å². The second kappa shape index (κ2) is 5.18. The summed E-state index contributed by atoms with van der Waals surface area (Å²) in [5.41, 5.74) is 0.938. The van der Waals surface area contributed by atoms with Crippen LogP contribution in [0.2, 0.25) is 0 Å². The zero-order chi connectivity index (χ0) is 12.2. The SMILES string of the molecule is c1cnc(OC2CCNCC2)c(-n2ccnc2)c1. The molecule has 1 fully saturated rings. The highest BCUT2D eigenvalue weighted by Crippen LogP contribution is 2.22. The Bertz CT molecular complexity index is 491. The number of nitrogens with zero attached hydrogens (tertiary/aromatic N) is 3. The first kappa shape index (κ1) is 11.2. The van der Waals surface area contributed by atoms with E-state index in [0.717, 1.165) is 31.6 Å². The van der Waals surface area contributed by atoms with Gasteiger partial charge >= 0.3 is 0 Å². The van der Waals surface area contributed by atoms with Crippen LogP contribution in [0.25, 0.3) is 5.69 Å². The summed E-state index contributed by atoms with van der Waals surface area (Å²) in [5.74, 6) is 0.683. The molecule has 0 atom stereocenters. The molecule has 0 aromatic carbocycles. The molecule has 0 radical (unpaired) electrons. The fourth-order valence-electron chi connectivity index (χ4n) is 2.14. The van der Waals surface area contributed by atoms with Crippen molar-refractivity contribution in [3.63, 3.8) is 0 Å². The van der Waals surface area contributed by atoms with Crippen LogP contribution in [-0.2, 0) is 0 Å². The summed E-state index contributed by atoms with van der Waals surface area (Å²) in [6.45, 7) is 2.02. The topological polar surface area (TPSA) is 52.0 Å². The Balaban J connectivity index is 1.83. The fourth-order valence-corrected chi connectivity index (χ4v) is 2.14. The first-order valence-electron chi connectivity index (χ1n) is 6.24. The molecular formula is C13H16N4O. The molecule has 5 nitrogen and oxygen atoms in total. The second-order valence-electron chi connectivity index (χ2n) is 4.36. The molecule has 0 aliphatic carbocycles. The van der Waals surface area contributed by atoms with Crippen LogP contribution in [0, 0.1) is 0 Å². The molecule has 1 aliphatic rings. The number of aromatic nitrogens is 3. The van der Waals surface area contributed by atoms with Crippen molar-refractivity contribution in [1.82, 2.24) is 19.9 Å². The standard InChI is InChI=1S/C13H16N4O/c1-2-12(17-9-8-15-10-17)13(16-5-1)18-11-3-6-14-7-4-11/h1-2,5,8-11,14H,3-4,6-7H2. The van der Waals surface area contributed by atoms with Crippen LogP contribution < -0.4 is 10.1 Å². The van der Waals surface area contributed by atoms with Crippen LogP contribution in [0.15, 0.2) is 37.1 Å². The summed E-state index contributed by atoms with van der Waals surface area (Å²) in [6, 6.07) is 3.90. The molecule has 1 N–H and O–H groups in total. The van der Waals surface area contributed by atoms with Crippen LogP contribution >= 0.6 is 0 Å². The van der Waals surface area contributed by atoms with Gasteiger partial charge in [-0.05, 0) is 38.1 Å². The molecule has 5 heteroatoms. The van der Waals surface area contributed by atoms with E-state index < -0.39 is 0 Å². The van der Waals surface area contributed by atoms with Crippen molar-refractivity contribution in [3.05, 3.63) is 37.1 Å². The smallest absolute Gasteiger partial charge is 0.238 e. The molecule has 18 heavy (non-hydrogen) atoms. The van der Waals surface area contributed by atoms with Gasteiger partial charge in [-0.1, -0.05) is 0 Å². The number of rotatable bonds is 3. The Morgan fingerprint density at radius 2 is 2.17 bits per heavy atom. The third-order valence-electron chi connectivity index (χ3n) is 3.10. The lowest BCUT2D eigenvalue weighted by Gasteiger charge is -2.24. The summed E-state index contributed by atoms with van der Waals surface area (Å²) in [6.07, 6.45) is 9.47. The lowest BCUT2D eigenvalue weighted by atomic mass is 10.1. The van der Waals surface area contributed by atoms with Gasteiger partial charge in [0.15, 0.2) is 0 Å². The van der Waals surface area contributed by atoms with Gasteiger partial charge in [0.05, 0.1) is 6.33 Å². The highest BCUT2D eigenvalue weighted by molar-refractivity contribution is 5.41. The summed E-state index contributed by atoms with van der Waals surface area (Å²) >= 11 is 0. The van der Waals surface area contributed by atoms with Crippen molar-refractivity contribution in [2.24, 2.45) is 0 Å². The number of nitrogens with one attached hydrogen (secondary N) is 1. The van der Waals surface area contributed by atoms with Crippen LogP contribution in [0.4, 0.5) is 0 Å². The maximum absolute atomic E-state index is 6.01. The van der Waals surface area contributed by atoms with Gasteiger partial charge in [0, 0.05) is 18.6 Å². The molecule has 2 aromatic heterocycles. The van der Waals surface area contributed by atoms with E-state index in [1.165, 1.54) is 0 Å². The summed E-state index contributed by atoms with van der Waals surface area (Å²) < 4.78 is 7.93. The van der Waals surface area contributed by atoms with Gasteiger partial charge in [-0.15, -0.1) is 0 Å². The number of piperidine rings is 1. The van der Waals surface area contributed by atoms with Gasteiger partial charge < -0.3 is 14.6 Å². The minimum Gasteiger partial charge on any atom is -0.473 e. The Hall–Kier alpha value is -1.88. The first-order chi connectivity index (χ1) is 8.93. The summed E-state index contributed by atoms with van der Waals surface area (Å²) in [7, 11) is 0. The van der Waals surface area contributed by atoms with E-state index in [2.05, 4.69) is 15.3 Å². The summed E-state index contributed by atoms with van der Waals surface area (Å²) in [4.78, 5) is 8.39. The lowest BCUT2D eigenvalue weighted by Crippen LogP contribution is -2.34. The predicted octanol–water partition coefficient (Wildman–Crippen LogP) is 1.40. The summed E-state index contributed by atoms with van der Waals surface area (Å²) in [5, 5.41) is 3.33. The monoisotopic (exact) mass is 244 g/mol.